The highest BCUT2D eigenvalue weighted by Crippen LogP contribution is 2.04. The molecule has 1 aliphatic rings. The van der Waals surface area contributed by atoms with Crippen molar-refractivity contribution >= 4 is 11.6 Å². The molecule has 0 aromatic carbocycles. The van der Waals surface area contributed by atoms with Gasteiger partial charge in [-0.05, 0) is 6.42 Å². The van der Waals surface area contributed by atoms with E-state index < -0.39 is 0 Å². The smallest absolute Gasteiger partial charge is 0.242 e. The molecule has 1 aromatic rings. The Morgan fingerprint density at radius 1 is 1.50 bits per heavy atom. The summed E-state index contributed by atoms with van der Waals surface area (Å²) < 4.78 is 0. The maximum absolute atomic E-state index is 11.5. The molecule has 74 valence electrons. The monoisotopic (exact) mass is 193 g/mol. The predicted molar refractivity (Wildman–Crippen MR) is 50.2 cm³/mol. The fourth-order valence-electron chi connectivity index (χ4n) is 1.27. The molecule has 1 atom stereocenters. The van der Waals surface area contributed by atoms with Crippen molar-refractivity contribution in [2.24, 2.45) is 0 Å². The summed E-state index contributed by atoms with van der Waals surface area (Å²) in [5.41, 5.74) is 6.39. The Bertz CT molecular complexity index is 309. The summed E-state index contributed by atoms with van der Waals surface area (Å²) in [6, 6.07) is -0.171. The number of hydrogen-bond acceptors (Lipinski definition) is 5. The molecule has 3 N–H and O–H groups in total. The Labute approximate surface area is 81.1 Å². The number of amides is 1. The van der Waals surface area contributed by atoms with E-state index in [1.54, 1.807) is 12.4 Å². The van der Waals surface area contributed by atoms with Crippen LogP contribution in [-0.2, 0) is 4.79 Å². The third-order valence-corrected chi connectivity index (χ3v) is 1.98. The van der Waals surface area contributed by atoms with E-state index in [4.69, 9.17) is 0 Å². The highest BCUT2D eigenvalue weighted by molar-refractivity contribution is 5.94. The number of carbonyl (C=O) groups excluding carboxylic acids is 1. The van der Waals surface area contributed by atoms with Crippen molar-refractivity contribution in [3.63, 3.8) is 0 Å². The summed E-state index contributed by atoms with van der Waals surface area (Å²) in [7, 11) is 0. The van der Waals surface area contributed by atoms with Crippen LogP contribution in [0.25, 0.3) is 0 Å². The van der Waals surface area contributed by atoms with Gasteiger partial charge in [-0.15, -0.1) is 0 Å². The lowest BCUT2D eigenvalue weighted by atomic mass is 10.2. The fourth-order valence-corrected chi connectivity index (χ4v) is 1.27. The molecular formula is C8H11N5O. The number of hydrogen-bond donors (Lipinski definition) is 3. The van der Waals surface area contributed by atoms with Crippen molar-refractivity contribution in [3.8, 4) is 0 Å². The lowest BCUT2D eigenvalue weighted by Crippen LogP contribution is -2.39. The highest BCUT2D eigenvalue weighted by atomic mass is 16.2. The molecule has 0 spiro atoms. The number of aromatic nitrogens is 2. The van der Waals surface area contributed by atoms with Gasteiger partial charge in [-0.1, -0.05) is 0 Å². The van der Waals surface area contributed by atoms with Gasteiger partial charge in [0.15, 0.2) is 0 Å². The van der Waals surface area contributed by atoms with Gasteiger partial charge in [-0.2, -0.15) is 0 Å². The number of nitrogens with one attached hydrogen (secondary N) is 3. The van der Waals surface area contributed by atoms with Crippen molar-refractivity contribution in [1.82, 2.24) is 20.8 Å². The first-order chi connectivity index (χ1) is 6.86. The molecule has 0 radical (unpaired) electrons. The molecular weight excluding hydrogens is 182 g/mol. The van der Waals surface area contributed by atoms with Gasteiger partial charge in [-0.25, -0.2) is 15.4 Å². The molecule has 2 rings (SSSR count). The molecule has 1 saturated heterocycles. The SMILES string of the molecule is O=C(Nc1cncnc1)C1CCNN1. The van der Waals surface area contributed by atoms with Crippen LogP contribution in [0.2, 0.25) is 0 Å². The second kappa shape index (κ2) is 4.12. The summed E-state index contributed by atoms with van der Waals surface area (Å²) in [6.45, 7) is 0.809. The maximum atomic E-state index is 11.5. The van der Waals surface area contributed by atoms with Crippen molar-refractivity contribution in [2.45, 2.75) is 12.5 Å². The van der Waals surface area contributed by atoms with Crippen molar-refractivity contribution in [1.29, 1.82) is 0 Å². The first-order valence-corrected chi connectivity index (χ1v) is 4.40. The van der Waals surface area contributed by atoms with Gasteiger partial charge in [-0.3, -0.25) is 10.2 Å². The third kappa shape index (κ3) is 2.04. The largest absolute Gasteiger partial charge is 0.322 e. The van der Waals surface area contributed by atoms with Gasteiger partial charge in [0.25, 0.3) is 0 Å². The number of nitrogens with zero attached hydrogens (tertiary/aromatic N) is 2. The molecule has 2 heterocycles. The second-order valence-corrected chi connectivity index (χ2v) is 3.03. The minimum atomic E-state index is -0.171. The predicted octanol–water partition coefficient (Wildman–Crippen LogP) is -0.718. The molecule has 0 aliphatic carbocycles. The zero-order chi connectivity index (χ0) is 9.80. The first kappa shape index (κ1) is 9.04. The van der Waals surface area contributed by atoms with Gasteiger partial charge in [0, 0.05) is 6.54 Å². The molecule has 1 amide bonds. The summed E-state index contributed by atoms with van der Waals surface area (Å²) in [5.74, 6) is -0.0650. The molecule has 1 fully saturated rings. The molecule has 1 unspecified atom stereocenters. The fraction of sp³-hybridized carbons (Fsp3) is 0.375. The standard InChI is InChI=1S/C8H11N5O/c14-8(7-1-2-11-13-7)12-6-3-9-5-10-4-6/h3-5,7,11,13H,1-2H2,(H,12,14). The number of anilines is 1. The van der Waals surface area contributed by atoms with Gasteiger partial charge < -0.3 is 5.32 Å². The number of rotatable bonds is 2. The lowest BCUT2D eigenvalue weighted by molar-refractivity contribution is -0.117. The van der Waals surface area contributed by atoms with Crippen LogP contribution in [0.15, 0.2) is 18.7 Å². The Hall–Kier alpha value is -1.53. The quantitative estimate of drug-likeness (QED) is 0.577. The molecule has 0 bridgehead atoms. The summed E-state index contributed by atoms with van der Waals surface area (Å²) in [6.07, 6.45) is 5.34. The van der Waals surface area contributed by atoms with E-state index in [1.165, 1.54) is 6.33 Å². The Balaban J connectivity index is 1.94. The van der Waals surface area contributed by atoms with E-state index in [2.05, 4.69) is 26.1 Å². The average molecular weight is 193 g/mol. The maximum Gasteiger partial charge on any atom is 0.242 e. The van der Waals surface area contributed by atoms with E-state index in [9.17, 15) is 4.79 Å². The Morgan fingerprint density at radius 3 is 2.93 bits per heavy atom. The Kier molecular flexibility index (Phi) is 2.66. The van der Waals surface area contributed by atoms with Crippen molar-refractivity contribution in [2.75, 3.05) is 11.9 Å². The van der Waals surface area contributed by atoms with E-state index >= 15 is 0 Å². The molecule has 14 heavy (non-hydrogen) atoms. The van der Waals surface area contributed by atoms with E-state index in [0.29, 0.717) is 5.69 Å². The van der Waals surface area contributed by atoms with Gasteiger partial charge in [0.2, 0.25) is 5.91 Å². The average Bonchev–Trinajstić information content (AvgIpc) is 2.72. The zero-order valence-corrected chi connectivity index (χ0v) is 7.53. The van der Waals surface area contributed by atoms with E-state index in [-0.39, 0.29) is 11.9 Å². The van der Waals surface area contributed by atoms with Crippen LogP contribution in [0.3, 0.4) is 0 Å². The van der Waals surface area contributed by atoms with Gasteiger partial charge in [0.05, 0.1) is 18.1 Å². The van der Waals surface area contributed by atoms with Gasteiger partial charge >= 0.3 is 0 Å². The normalized spacial score (nSPS) is 20.7. The molecule has 1 aliphatic heterocycles. The number of hydrazine groups is 1. The second-order valence-electron chi connectivity index (χ2n) is 3.03. The molecule has 6 heteroatoms. The first-order valence-electron chi connectivity index (χ1n) is 4.40. The van der Waals surface area contributed by atoms with E-state index in [0.717, 1.165) is 13.0 Å². The van der Waals surface area contributed by atoms with Crippen LogP contribution in [0, 0.1) is 0 Å². The van der Waals surface area contributed by atoms with Crippen LogP contribution in [0.4, 0.5) is 5.69 Å². The summed E-state index contributed by atoms with van der Waals surface area (Å²) in [5, 5.41) is 2.72. The topological polar surface area (TPSA) is 78.9 Å². The van der Waals surface area contributed by atoms with Crippen LogP contribution >= 0.6 is 0 Å². The molecule has 0 saturated carbocycles. The van der Waals surface area contributed by atoms with Crippen molar-refractivity contribution < 1.29 is 4.79 Å². The van der Waals surface area contributed by atoms with Crippen molar-refractivity contribution in [3.05, 3.63) is 18.7 Å². The molecule has 6 nitrogen and oxygen atoms in total. The number of carbonyl (C=O) groups is 1. The Morgan fingerprint density at radius 2 is 2.29 bits per heavy atom. The van der Waals surface area contributed by atoms with E-state index in [1.807, 2.05) is 0 Å². The summed E-state index contributed by atoms with van der Waals surface area (Å²) in [4.78, 5) is 19.2. The van der Waals surface area contributed by atoms with Crippen LogP contribution < -0.4 is 16.2 Å². The highest BCUT2D eigenvalue weighted by Gasteiger charge is 2.21. The minimum absolute atomic E-state index is 0.0650. The van der Waals surface area contributed by atoms with Crippen LogP contribution in [0.1, 0.15) is 6.42 Å². The summed E-state index contributed by atoms with van der Waals surface area (Å²) >= 11 is 0. The van der Waals surface area contributed by atoms with Crippen LogP contribution in [-0.4, -0.2) is 28.5 Å². The van der Waals surface area contributed by atoms with Gasteiger partial charge in [0.1, 0.15) is 12.4 Å². The lowest BCUT2D eigenvalue weighted by Gasteiger charge is -2.09. The minimum Gasteiger partial charge on any atom is -0.322 e. The molecule has 1 aromatic heterocycles. The third-order valence-electron chi connectivity index (χ3n) is 1.98. The zero-order valence-electron chi connectivity index (χ0n) is 7.53. The van der Waals surface area contributed by atoms with Crippen LogP contribution in [0.5, 0.6) is 0 Å².